The Balaban J connectivity index is 2.34. The van der Waals surface area contributed by atoms with Gasteiger partial charge < -0.3 is 10.1 Å². The van der Waals surface area contributed by atoms with Crippen molar-refractivity contribution in [1.82, 2.24) is 0 Å². The van der Waals surface area contributed by atoms with E-state index in [1.54, 1.807) is 97.9 Å². The van der Waals surface area contributed by atoms with Crippen LogP contribution >= 0.6 is 15.9 Å². The van der Waals surface area contributed by atoms with Crippen molar-refractivity contribution < 1.29 is 27.1 Å². The van der Waals surface area contributed by atoms with Gasteiger partial charge in [-0.1, -0.05) is 94.8 Å². The summed E-state index contributed by atoms with van der Waals surface area (Å²) in [6.07, 6.45) is -2.40. The summed E-state index contributed by atoms with van der Waals surface area (Å²) in [6, 6.07) is 23.3. The number of hydrogen-bond acceptors (Lipinski definition) is 3. The monoisotopic (exact) mass is 565 g/mol. The van der Waals surface area contributed by atoms with Gasteiger partial charge in [-0.3, -0.25) is 0 Å². The van der Waals surface area contributed by atoms with Crippen molar-refractivity contribution in [2.75, 3.05) is 17.3 Å². The first-order valence-corrected chi connectivity index (χ1v) is 12.7. The molecule has 0 radical (unpaired) electrons. The number of ether oxygens (including phenoxy) is 1. The molecule has 0 aliphatic rings. The smallest absolute Gasteiger partial charge is 0.329 e. The minimum Gasteiger partial charge on any atom is -0.464 e. The van der Waals surface area contributed by atoms with Gasteiger partial charge in [-0.15, -0.1) is 0 Å². The van der Waals surface area contributed by atoms with E-state index < -0.39 is 42.1 Å². The molecule has 8 heteroatoms. The molecule has 0 saturated heterocycles. The molecule has 1 atom stereocenters. The molecule has 1 unspecified atom stereocenters. The highest BCUT2D eigenvalue weighted by molar-refractivity contribution is 9.09. The molecular weight excluding hydrogens is 538 g/mol. The maximum atomic E-state index is 15.7. The summed E-state index contributed by atoms with van der Waals surface area (Å²) in [5.41, 5.74) is -0.884. The second-order valence-corrected chi connectivity index (χ2v) is 9.22. The van der Waals surface area contributed by atoms with Crippen LogP contribution in [-0.2, 0) is 14.9 Å². The minimum absolute atomic E-state index is 0.0123. The van der Waals surface area contributed by atoms with Crippen LogP contribution in [0.5, 0.6) is 0 Å². The molecule has 0 aliphatic heterocycles. The lowest BCUT2D eigenvalue weighted by atomic mass is 9.64. The Bertz CT molecular complexity index is 1060. The zero-order chi connectivity index (χ0) is 26.2. The number of nitrogens with one attached hydrogen (secondary N) is 1. The van der Waals surface area contributed by atoms with Crippen molar-refractivity contribution in [3.05, 3.63) is 102 Å². The van der Waals surface area contributed by atoms with Gasteiger partial charge >= 0.3 is 17.8 Å². The Morgan fingerprint density at radius 2 is 1.31 bits per heavy atom. The third kappa shape index (κ3) is 5.91. The molecule has 0 spiro atoms. The van der Waals surface area contributed by atoms with E-state index >= 15 is 8.78 Å². The number of alkyl halides is 5. The third-order valence-corrected chi connectivity index (χ3v) is 6.52. The molecule has 3 rings (SSSR count). The maximum absolute atomic E-state index is 15.7. The van der Waals surface area contributed by atoms with E-state index in [1.807, 2.05) is 0 Å². The van der Waals surface area contributed by atoms with Gasteiger partial charge in [0.1, 0.15) is 6.04 Å². The van der Waals surface area contributed by atoms with Crippen molar-refractivity contribution in [3.63, 3.8) is 0 Å². The van der Waals surface area contributed by atoms with E-state index in [0.717, 1.165) is 0 Å². The molecule has 0 bridgehead atoms. The van der Waals surface area contributed by atoms with Crippen molar-refractivity contribution >= 4 is 27.6 Å². The first kappa shape index (κ1) is 27.7. The number of benzene rings is 3. The van der Waals surface area contributed by atoms with Crippen LogP contribution in [0, 0.1) is 0 Å². The first-order chi connectivity index (χ1) is 17.2. The molecule has 1 N–H and O–H groups in total. The molecule has 3 aromatic carbocycles. The van der Waals surface area contributed by atoms with Crippen LogP contribution in [-0.4, -0.2) is 35.8 Å². The highest BCUT2D eigenvalue weighted by Crippen LogP contribution is 2.50. The molecule has 0 amide bonds. The number of esters is 1. The van der Waals surface area contributed by atoms with Crippen molar-refractivity contribution in [2.45, 2.75) is 43.1 Å². The second-order valence-electron chi connectivity index (χ2n) is 8.42. The second kappa shape index (κ2) is 11.9. The zero-order valence-electron chi connectivity index (χ0n) is 19.8. The van der Waals surface area contributed by atoms with Crippen LogP contribution in [0.2, 0.25) is 0 Å². The fourth-order valence-corrected chi connectivity index (χ4v) is 4.87. The SMILES string of the molecule is CCOC(=O)C(Nc1ccccc1)C(CC(F)(F)C(F)(F)CCBr)(c1ccccc1)c1ccccc1. The zero-order valence-corrected chi connectivity index (χ0v) is 21.4. The van der Waals surface area contributed by atoms with Crippen molar-refractivity contribution in [2.24, 2.45) is 0 Å². The number of halogens is 5. The minimum atomic E-state index is -4.46. The molecule has 0 saturated carbocycles. The average molecular weight is 566 g/mol. The average Bonchev–Trinajstić information content (AvgIpc) is 2.87. The van der Waals surface area contributed by atoms with Crippen LogP contribution in [0.3, 0.4) is 0 Å². The molecular formula is C28H28BrF4NO2. The largest absolute Gasteiger partial charge is 0.464 e. The normalized spacial score (nSPS) is 13.2. The van der Waals surface area contributed by atoms with Gasteiger partial charge in [0.15, 0.2) is 0 Å². The van der Waals surface area contributed by atoms with Gasteiger partial charge in [0.05, 0.1) is 12.0 Å². The highest BCUT2D eigenvalue weighted by atomic mass is 79.9. The van der Waals surface area contributed by atoms with Crippen molar-refractivity contribution in [3.8, 4) is 0 Å². The molecule has 3 aromatic rings. The summed E-state index contributed by atoms with van der Waals surface area (Å²) in [5.74, 6) is -9.61. The lowest BCUT2D eigenvalue weighted by molar-refractivity contribution is -0.219. The Hall–Kier alpha value is -2.87. The lowest BCUT2D eigenvalue weighted by Crippen LogP contribution is -2.56. The summed E-state index contributed by atoms with van der Waals surface area (Å²) < 4.78 is 66.4. The number of para-hydroxylation sites is 1. The molecule has 0 aromatic heterocycles. The van der Waals surface area contributed by atoms with Crippen LogP contribution in [0.15, 0.2) is 91.0 Å². The Morgan fingerprint density at radius 1 is 0.833 bits per heavy atom. The number of anilines is 1. The molecule has 36 heavy (non-hydrogen) atoms. The standard InChI is InChI=1S/C28H28BrF4NO2/c1-2-36-25(35)24(34-23-16-10-5-11-17-23)26(21-12-6-3-7-13-21,22-14-8-4-9-15-22)20-28(32,33)27(30,31)18-19-29/h3-17,24,34H,2,18-20H2,1H3. The Morgan fingerprint density at radius 3 is 1.75 bits per heavy atom. The van der Waals surface area contributed by atoms with Gasteiger partial charge in [0.2, 0.25) is 0 Å². The van der Waals surface area contributed by atoms with E-state index in [-0.39, 0.29) is 23.1 Å². The maximum Gasteiger partial charge on any atom is 0.329 e. The van der Waals surface area contributed by atoms with Crippen LogP contribution in [0.1, 0.15) is 30.9 Å². The topological polar surface area (TPSA) is 38.3 Å². The molecule has 192 valence electrons. The van der Waals surface area contributed by atoms with E-state index in [9.17, 15) is 13.6 Å². The van der Waals surface area contributed by atoms with Crippen LogP contribution < -0.4 is 5.32 Å². The predicted octanol–water partition coefficient (Wildman–Crippen LogP) is 7.46. The van der Waals surface area contributed by atoms with Crippen molar-refractivity contribution in [1.29, 1.82) is 0 Å². The first-order valence-electron chi connectivity index (χ1n) is 11.6. The van der Waals surface area contributed by atoms with E-state index in [0.29, 0.717) is 5.69 Å². The van der Waals surface area contributed by atoms with E-state index in [1.165, 1.54) is 0 Å². The number of hydrogen-bond donors (Lipinski definition) is 1. The van der Waals surface area contributed by atoms with Gasteiger partial charge in [0, 0.05) is 23.9 Å². The Kier molecular flexibility index (Phi) is 9.17. The highest BCUT2D eigenvalue weighted by Gasteiger charge is 2.62. The summed E-state index contributed by atoms with van der Waals surface area (Å²) in [4.78, 5) is 13.5. The quantitative estimate of drug-likeness (QED) is 0.141. The predicted molar refractivity (Wildman–Crippen MR) is 137 cm³/mol. The summed E-state index contributed by atoms with van der Waals surface area (Å²) >= 11 is 2.86. The summed E-state index contributed by atoms with van der Waals surface area (Å²) in [5, 5.41) is 2.74. The number of carbonyl (C=O) groups is 1. The fraction of sp³-hybridized carbons (Fsp3) is 0.321. The van der Waals surface area contributed by atoms with Gasteiger partial charge in [-0.05, 0) is 30.2 Å². The Labute approximate surface area is 217 Å². The van der Waals surface area contributed by atoms with Crippen LogP contribution in [0.4, 0.5) is 23.2 Å². The van der Waals surface area contributed by atoms with Gasteiger partial charge in [-0.25, -0.2) is 4.79 Å². The van der Waals surface area contributed by atoms with E-state index in [2.05, 4.69) is 21.2 Å². The molecule has 0 heterocycles. The third-order valence-electron chi connectivity index (χ3n) is 6.12. The fourth-order valence-electron chi connectivity index (χ4n) is 4.37. The van der Waals surface area contributed by atoms with Gasteiger partial charge in [0.25, 0.3) is 0 Å². The number of rotatable bonds is 12. The molecule has 3 nitrogen and oxygen atoms in total. The number of carbonyl (C=O) groups excluding carboxylic acids is 1. The van der Waals surface area contributed by atoms with Gasteiger partial charge in [-0.2, -0.15) is 17.6 Å². The molecule has 0 fully saturated rings. The summed E-state index contributed by atoms with van der Waals surface area (Å²) in [7, 11) is 0. The summed E-state index contributed by atoms with van der Waals surface area (Å²) in [6.45, 7) is 1.59. The van der Waals surface area contributed by atoms with E-state index in [4.69, 9.17) is 4.74 Å². The lowest BCUT2D eigenvalue weighted by Gasteiger charge is -2.44. The van der Waals surface area contributed by atoms with Crippen LogP contribution in [0.25, 0.3) is 0 Å². The molecule has 0 aliphatic carbocycles.